The first kappa shape index (κ1) is 18.1. The molecule has 5 rings (SSSR count). The summed E-state index contributed by atoms with van der Waals surface area (Å²) in [5.41, 5.74) is 0.376. The molecule has 0 bridgehead atoms. The number of hydrogen-bond acceptors (Lipinski definition) is 3. The number of ether oxygens (including phenoxy) is 1. The number of benzene rings is 4. The molecule has 4 aromatic carbocycles. The summed E-state index contributed by atoms with van der Waals surface area (Å²) in [6, 6.07) is 34.5. The van der Waals surface area contributed by atoms with Gasteiger partial charge in [0.05, 0.1) is 0 Å². The Kier molecular flexibility index (Phi) is 4.44. The van der Waals surface area contributed by atoms with E-state index in [0.29, 0.717) is 11.2 Å². The SMILES string of the molecule is OB(O)c1cccc2c1Oc1ccccc1S2(c1ccccc1)c1ccccc1. The second kappa shape index (κ2) is 7.12. The standard InChI is InChI=1S/C24H19BO3S/c26-25(27)20-14-9-17-23-24(20)28-21-15-7-8-16-22(21)29(23,18-10-3-1-4-11-18)19-12-5-2-6-13-19/h1-17,26-27H. The van der Waals surface area contributed by atoms with E-state index in [0.717, 1.165) is 15.5 Å². The van der Waals surface area contributed by atoms with Gasteiger partial charge < -0.3 is 14.8 Å². The molecule has 0 aromatic heterocycles. The Labute approximate surface area is 171 Å². The highest BCUT2D eigenvalue weighted by Crippen LogP contribution is 2.78. The minimum atomic E-state index is -1.88. The summed E-state index contributed by atoms with van der Waals surface area (Å²) in [5, 5.41) is 20.0. The molecule has 0 unspecified atom stereocenters. The first-order valence-electron chi connectivity index (χ1n) is 9.42. The third kappa shape index (κ3) is 2.70. The van der Waals surface area contributed by atoms with E-state index in [1.54, 1.807) is 6.07 Å². The molecule has 142 valence electrons. The summed E-state index contributed by atoms with van der Waals surface area (Å²) < 4.78 is 6.27. The van der Waals surface area contributed by atoms with E-state index in [1.165, 1.54) is 9.79 Å². The van der Waals surface area contributed by atoms with Crippen molar-refractivity contribution in [2.45, 2.75) is 19.6 Å². The number of rotatable bonds is 3. The predicted octanol–water partition coefficient (Wildman–Crippen LogP) is 4.81. The number of para-hydroxylation sites is 2. The van der Waals surface area contributed by atoms with Crippen LogP contribution in [0, 0.1) is 0 Å². The van der Waals surface area contributed by atoms with Crippen molar-refractivity contribution in [1.29, 1.82) is 0 Å². The van der Waals surface area contributed by atoms with Crippen molar-refractivity contribution in [3.05, 3.63) is 103 Å². The van der Waals surface area contributed by atoms with Crippen molar-refractivity contribution >= 4 is 22.6 Å². The molecule has 3 nitrogen and oxygen atoms in total. The van der Waals surface area contributed by atoms with Gasteiger partial charge in [0.15, 0.2) is 0 Å². The van der Waals surface area contributed by atoms with Crippen LogP contribution in [0.2, 0.25) is 0 Å². The summed E-state index contributed by atoms with van der Waals surface area (Å²) in [7, 11) is -3.49. The molecule has 1 aliphatic rings. The third-order valence-electron chi connectivity index (χ3n) is 5.20. The predicted molar refractivity (Wildman–Crippen MR) is 116 cm³/mol. The zero-order chi connectivity index (χ0) is 19.8. The molecule has 0 spiro atoms. The van der Waals surface area contributed by atoms with Gasteiger partial charge in [0.2, 0.25) is 0 Å². The van der Waals surface area contributed by atoms with Crippen LogP contribution in [0.4, 0.5) is 0 Å². The molecule has 0 atom stereocenters. The van der Waals surface area contributed by atoms with E-state index in [9.17, 15) is 10.0 Å². The van der Waals surface area contributed by atoms with Crippen molar-refractivity contribution in [3.8, 4) is 11.5 Å². The molecular formula is C24H19BO3S. The van der Waals surface area contributed by atoms with Crippen LogP contribution >= 0.6 is 10.0 Å². The fraction of sp³-hybridized carbons (Fsp3) is 0. The summed E-state index contributed by atoms with van der Waals surface area (Å²) in [4.78, 5) is 4.43. The highest BCUT2D eigenvalue weighted by molar-refractivity contribution is 8.34. The van der Waals surface area contributed by atoms with E-state index >= 15 is 0 Å². The lowest BCUT2D eigenvalue weighted by atomic mass is 9.79. The maximum atomic E-state index is 10.0. The van der Waals surface area contributed by atoms with E-state index in [-0.39, 0.29) is 0 Å². The lowest BCUT2D eigenvalue weighted by Crippen LogP contribution is -2.32. The fourth-order valence-corrected chi connectivity index (χ4v) is 8.07. The average Bonchev–Trinajstić information content (AvgIpc) is 2.78. The number of hydrogen-bond donors (Lipinski definition) is 2. The average molecular weight is 398 g/mol. The monoisotopic (exact) mass is 398 g/mol. The van der Waals surface area contributed by atoms with Crippen molar-refractivity contribution in [1.82, 2.24) is 0 Å². The molecule has 0 saturated carbocycles. The quantitative estimate of drug-likeness (QED) is 0.429. The van der Waals surface area contributed by atoms with Crippen LogP contribution in [0.5, 0.6) is 11.5 Å². The first-order chi connectivity index (χ1) is 14.2. The summed E-state index contributed by atoms with van der Waals surface area (Å²) >= 11 is 0. The van der Waals surface area contributed by atoms with Gasteiger partial charge in [0.1, 0.15) is 11.5 Å². The molecule has 0 radical (unpaired) electrons. The largest absolute Gasteiger partial charge is 0.492 e. The lowest BCUT2D eigenvalue weighted by Gasteiger charge is -2.46. The summed E-state index contributed by atoms with van der Waals surface area (Å²) in [6.07, 6.45) is 0. The Morgan fingerprint density at radius 2 is 1.14 bits per heavy atom. The maximum Gasteiger partial charge on any atom is 0.492 e. The Morgan fingerprint density at radius 3 is 1.76 bits per heavy atom. The van der Waals surface area contributed by atoms with Crippen LogP contribution in [0.15, 0.2) is 123 Å². The Bertz CT molecular complexity index is 1120. The topological polar surface area (TPSA) is 49.7 Å². The molecule has 1 aliphatic heterocycles. The van der Waals surface area contributed by atoms with E-state index < -0.39 is 17.1 Å². The molecule has 0 saturated heterocycles. The van der Waals surface area contributed by atoms with Gasteiger partial charge in [-0.25, -0.2) is 0 Å². The van der Waals surface area contributed by atoms with Crippen molar-refractivity contribution in [3.63, 3.8) is 0 Å². The van der Waals surface area contributed by atoms with Crippen LogP contribution in [-0.4, -0.2) is 17.2 Å². The van der Waals surface area contributed by atoms with Crippen molar-refractivity contribution in [2.75, 3.05) is 0 Å². The maximum absolute atomic E-state index is 10.0. The molecule has 29 heavy (non-hydrogen) atoms. The second-order valence-corrected chi connectivity index (χ2v) is 9.88. The molecule has 4 aromatic rings. The first-order valence-corrected chi connectivity index (χ1v) is 11.1. The molecule has 0 fully saturated rings. The van der Waals surface area contributed by atoms with Gasteiger partial charge in [-0.3, -0.25) is 0 Å². The Morgan fingerprint density at radius 1 is 0.586 bits per heavy atom. The molecular weight excluding hydrogens is 379 g/mol. The van der Waals surface area contributed by atoms with E-state index in [4.69, 9.17) is 4.74 Å². The molecule has 0 amide bonds. The zero-order valence-electron chi connectivity index (χ0n) is 15.6. The summed E-state index contributed by atoms with van der Waals surface area (Å²) in [6.45, 7) is 0. The van der Waals surface area contributed by atoms with Crippen molar-refractivity contribution < 1.29 is 14.8 Å². The molecule has 0 aliphatic carbocycles. The van der Waals surface area contributed by atoms with Gasteiger partial charge >= 0.3 is 7.12 Å². The van der Waals surface area contributed by atoms with Gasteiger partial charge in [-0.05, 0) is 42.5 Å². The van der Waals surface area contributed by atoms with Gasteiger partial charge in [-0.1, -0.05) is 60.7 Å². The summed E-state index contributed by atoms with van der Waals surface area (Å²) in [5.74, 6) is 1.28. The highest BCUT2D eigenvalue weighted by atomic mass is 32.3. The second-order valence-electron chi connectivity index (χ2n) is 6.84. The Hall–Kier alpha value is -2.99. The van der Waals surface area contributed by atoms with Crippen LogP contribution in [0.1, 0.15) is 0 Å². The molecule has 5 heteroatoms. The third-order valence-corrected chi connectivity index (χ3v) is 9.14. The number of fused-ring (bicyclic) bond motifs is 2. The highest BCUT2D eigenvalue weighted by Gasteiger charge is 2.42. The van der Waals surface area contributed by atoms with Gasteiger partial charge in [-0.15, -0.1) is 10.0 Å². The normalized spacial score (nSPS) is 14.8. The van der Waals surface area contributed by atoms with Crippen LogP contribution in [-0.2, 0) is 0 Å². The van der Waals surface area contributed by atoms with Gasteiger partial charge in [0, 0.05) is 25.0 Å². The lowest BCUT2D eigenvalue weighted by molar-refractivity contribution is 0.416. The van der Waals surface area contributed by atoms with Crippen LogP contribution < -0.4 is 10.2 Å². The van der Waals surface area contributed by atoms with E-state index in [1.807, 2.05) is 42.5 Å². The van der Waals surface area contributed by atoms with Crippen molar-refractivity contribution in [2.24, 2.45) is 0 Å². The zero-order valence-corrected chi connectivity index (χ0v) is 16.4. The van der Waals surface area contributed by atoms with Crippen LogP contribution in [0.25, 0.3) is 0 Å². The minimum absolute atomic E-state index is 0.376. The molecule has 2 N–H and O–H groups in total. The Balaban J connectivity index is 1.97. The smallest absolute Gasteiger partial charge is 0.455 e. The minimum Gasteiger partial charge on any atom is -0.455 e. The van der Waals surface area contributed by atoms with E-state index in [2.05, 4.69) is 54.6 Å². The van der Waals surface area contributed by atoms with Crippen LogP contribution in [0.3, 0.4) is 0 Å². The van der Waals surface area contributed by atoms with Gasteiger partial charge in [0.25, 0.3) is 0 Å². The molecule has 1 heterocycles. The van der Waals surface area contributed by atoms with Gasteiger partial charge in [-0.2, -0.15) is 0 Å². The fourth-order valence-electron chi connectivity index (χ4n) is 4.00.